The summed E-state index contributed by atoms with van der Waals surface area (Å²) in [6.45, 7) is 2.51. The van der Waals surface area contributed by atoms with Crippen LogP contribution in [-0.4, -0.2) is 54.4 Å². The van der Waals surface area contributed by atoms with E-state index in [-0.39, 0.29) is 11.9 Å². The molecule has 5 rings (SSSR count). The van der Waals surface area contributed by atoms with Gasteiger partial charge in [-0.2, -0.15) is 10.2 Å². The standard InChI is InChI=1S/C21H21N7O2/c1-13-5-8-17(28-22-9-10-23-28)19(24-13)21(29)27-11-3-4-18(27)20-25-15-7-6-14(30-2)12-16(15)26-20/h5-10,12,18H,3-4,11H2,1-2H3,(H,25,26). The Hall–Kier alpha value is -3.75. The van der Waals surface area contributed by atoms with Crippen LogP contribution in [0, 0.1) is 6.92 Å². The van der Waals surface area contributed by atoms with Crippen molar-refractivity contribution in [3.63, 3.8) is 0 Å². The summed E-state index contributed by atoms with van der Waals surface area (Å²) in [7, 11) is 1.64. The fourth-order valence-electron chi connectivity index (χ4n) is 3.93. The van der Waals surface area contributed by atoms with Gasteiger partial charge < -0.3 is 14.6 Å². The lowest BCUT2D eigenvalue weighted by molar-refractivity contribution is 0.0724. The molecule has 1 N–H and O–H groups in total. The monoisotopic (exact) mass is 403 g/mol. The third-order valence-electron chi connectivity index (χ3n) is 5.39. The molecule has 30 heavy (non-hydrogen) atoms. The van der Waals surface area contributed by atoms with Crippen molar-refractivity contribution >= 4 is 16.9 Å². The van der Waals surface area contributed by atoms with Gasteiger partial charge in [0.25, 0.3) is 5.91 Å². The number of rotatable bonds is 4. The van der Waals surface area contributed by atoms with E-state index >= 15 is 0 Å². The Labute approximate surface area is 172 Å². The van der Waals surface area contributed by atoms with Crippen molar-refractivity contribution in [3.05, 3.63) is 59.9 Å². The third-order valence-corrected chi connectivity index (χ3v) is 5.39. The second-order valence-electron chi connectivity index (χ2n) is 7.30. The van der Waals surface area contributed by atoms with Crippen LogP contribution in [0.3, 0.4) is 0 Å². The van der Waals surface area contributed by atoms with Crippen molar-refractivity contribution in [2.75, 3.05) is 13.7 Å². The summed E-state index contributed by atoms with van der Waals surface area (Å²) < 4.78 is 5.30. The molecular formula is C21H21N7O2. The van der Waals surface area contributed by atoms with Crippen LogP contribution in [0.2, 0.25) is 0 Å². The maximum Gasteiger partial charge on any atom is 0.275 e. The number of carbonyl (C=O) groups excluding carboxylic acids is 1. The number of pyridine rings is 1. The van der Waals surface area contributed by atoms with Crippen LogP contribution in [0.25, 0.3) is 16.7 Å². The van der Waals surface area contributed by atoms with Gasteiger partial charge in [0, 0.05) is 18.3 Å². The number of aromatic nitrogens is 6. The minimum Gasteiger partial charge on any atom is -0.497 e. The van der Waals surface area contributed by atoms with Crippen molar-refractivity contribution in [3.8, 4) is 11.4 Å². The van der Waals surface area contributed by atoms with Crippen molar-refractivity contribution in [1.82, 2.24) is 34.8 Å². The molecular weight excluding hydrogens is 382 g/mol. The molecule has 1 unspecified atom stereocenters. The van der Waals surface area contributed by atoms with E-state index in [9.17, 15) is 4.79 Å². The van der Waals surface area contributed by atoms with Crippen LogP contribution < -0.4 is 4.74 Å². The molecule has 1 aliphatic rings. The van der Waals surface area contributed by atoms with Crippen molar-refractivity contribution in [2.45, 2.75) is 25.8 Å². The summed E-state index contributed by atoms with van der Waals surface area (Å²) in [5.41, 5.74) is 3.41. The maximum atomic E-state index is 13.5. The SMILES string of the molecule is COc1ccc2nc(C3CCCN3C(=O)c3nc(C)ccc3-n3nccn3)[nH]c2c1. The first-order valence-corrected chi connectivity index (χ1v) is 9.83. The molecule has 1 amide bonds. The molecule has 1 aliphatic heterocycles. The minimum atomic E-state index is -0.147. The van der Waals surface area contributed by atoms with Crippen LogP contribution in [0.5, 0.6) is 5.75 Å². The zero-order chi connectivity index (χ0) is 20.7. The second-order valence-corrected chi connectivity index (χ2v) is 7.30. The highest BCUT2D eigenvalue weighted by Gasteiger charge is 2.34. The van der Waals surface area contributed by atoms with Gasteiger partial charge in [-0.05, 0) is 44.0 Å². The Bertz CT molecular complexity index is 1220. The van der Waals surface area contributed by atoms with Gasteiger partial charge in [0.15, 0.2) is 5.69 Å². The zero-order valence-electron chi connectivity index (χ0n) is 16.7. The van der Waals surface area contributed by atoms with E-state index in [0.717, 1.165) is 41.1 Å². The summed E-state index contributed by atoms with van der Waals surface area (Å²) in [6.07, 6.45) is 4.90. The number of hydrogen-bond acceptors (Lipinski definition) is 6. The van der Waals surface area contributed by atoms with Crippen LogP contribution >= 0.6 is 0 Å². The quantitative estimate of drug-likeness (QED) is 0.562. The number of nitrogens with zero attached hydrogens (tertiary/aromatic N) is 6. The first-order chi connectivity index (χ1) is 14.6. The molecule has 1 fully saturated rings. The number of imidazole rings is 1. The van der Waals surface area contributed by atoms with Crippen molar-refractivity contribution in [1.29, 1.82) is 0 Å². The molecule has 152 valence electrons. The van der Waals surface area contributed by atoms with E-state index in [2.05, 4.69) is 20.2 Å². The molecule has 9 nitrogen and oxygen atoms in total. The lowest BCUT2D eigenvalue weighted by Crippen LogP contribution is -2.33. The molecule has 3 aromatic heterocycles. The predicted octanol–water partition coefficient (Wildman–Crippen LogP) is 2.83. The van der Waals surface area contributed by atoms with Crippen LogP contribution in [0.15, 0.2) is 42.7 Å². The number of aryl methyl sites for hydroxylation is 1. The average molecular weight is 403 g/mol. The lowest BCUT2D eigenvalue weighted by Gasteiger charge is -2.23. The number of carbonyl (C=O) groups is 1. The molecule has 9 heteroatoms. The highest BCUT2D eigenvalue weighted by Crippen LogP contribution is 2.33. The van der Waals surface area contributed by atoms with Gasteiger partial charge in [0.2, 0.25) is 0 Å². The zero-order valence-corrected chi connectivity index (χ0v) is 16.7. The van der Waals surface area contributed by atoms with Crippen molar-refractivity contribution in [2.24, 2.45) is 0 Å². The molecule has 4 heterocycles. The Morgan fingerprint density at radius 1 is 1.17 bits per heavy atom. The Morgan fingerprint density at radius 3 is 2.80 bits per heavy atom. The minimum absolute atomic E-state index is 0.142. The number of nitrogens with one attached hydrogen (secondary N) is 1. The Kier molecular flexibility index (Phi) is 4.42. The van der Waals surface area contributed by atoms with E-state index in [1.54, 1.807) is 19.5 Å². The largest absolute Gasteiger partial charge is 0.497 e. The van der Waals surface area contributed by atoms with E-state index in [0.29, 0.717) is 17.9 Å². The highest BCUT2D eigenvalue weighted by molar-refractivity contribution is 5.96. The highest BCUT2D eigenvalue weighted by atomic mass is 16.5. The van der Waals surface area contributed by atoms with E-state index in [4.69, 9.17) is 9.72 Å². The number of methoxy groups -OCH3 is 1. The summed E-state index contributed by atoms with van der Waals surface area (Å²) in [6, 6.07) is 9.24. The smallest absolute Gasteiger partial charge is 0.275 e. The molecule has 0 saturated carbocycles. The number of ether oxygens (including phenoxy) is 1. The van der Waals surface area contributed by atoms with Gasteiger partial charge in [0.05, 0.1) is 36.6 Å². The van der Waals surface area contributed by atoms with Gasteiger partial charge in [-0.25, -0.2) is 9.97 Å². The molecule has 0 aliphatic carbocycles. The number of amides is 1. The molecule has 0 radical (unpaired) electrons. The number of fused-ring (bicyclic) bond motifs is 1. The predicted molar refractivity (Wildman–Crippen MR) is 110 cm³/mol. The normalized spacial score (nSPS) is 16.3. The fraction of sp³-hybridized carbons (Fsp3) is 0.286. The van der Waals surface area contributed by atoms with Crippen LogP contribution in [-0.2, 0) is 0 Å². The molecule has 0 bridgehead atoms. The number of H-pyrrole nitrogens is 1. The van der Waals surface area contributed by atoms with Gasteiger partial charge in [-0.3, -0.25) is 4.79 Å². The molecule has 1 atom stereocenters. The van der Waals surface area contributed by atoms with Gasteiger partial charge in [-0.15, -0.1) is 4.80 Å². The Balaban J connectivity index is 1.51. The molecule has 4 aromatic rings. The fourth-order valence-corrected chi connectivity index (χ4v) is 3.93. The van der Waals surface area contributed by atoms with Gasteiger partial charge in [0.1, 0.15) is 17.3 Å². The van der Waals surface area contributed by atoms with Crippen molar-refractivity contribution < 1.29 is 9.53 Å². The first-order valence-electron chi connectivity index (χ1n) is 9.83. The molecule has 0 spiro atoms. The topological polar surface area (TPSA) is 102 Å². The second kappa shape index (κ2) is 7.25. The number of aromatic amines is 1. The number of likely N-dealkylation sites (tertiary alicyclic amines) is 1. The van der Waals surface area contributed by atoms with Crippen LogP contribution in [0.4, 0.5) is 0 Å². The summed E-state index contributed by atoms with van der Waals surface area (Å²) in [4.78, 5) is 29.4. The van der Waals surface area contributed by atoms with Gasteiger partial charge >= 0.3 is 0 Å². The van der Waals surface area contributed by atoms with Gasteiger partial charge in [-0.1, -0.05) is 0 Å². The van der Waals surface area contributed by atoms with E-state index in [1.165, 1.54) is 4.80 Å². The summed E-state index contributed by atoms with van der Waals surface area (Å²) in [5.74, 6) is 1.39. The molecule has 1 aromatic carbocycles. The first kappa shape index (κ1) is 18.3. The Morgan fingerprint density at radius 2 is 2.00 bits per heavy atom. The van der Waals surface area contributed by atoms with E-state index < -0.39 is 0 Å². The summed E-state index contributed by atoms with van der Waals surface area (Å²) >= 11 is 0. The summed E-state index contributed by atoms with van der Waals surface area (Å²) in [5, 5.41) is 8.35. The van der Waals surface area contributed by atoms with Crippen LogP contribution in [0.1, 0.15) is 40.9 Å². The third kappa shape index (κ3) is 3.08. The number of benzene rings is 1. The average Bonchev–Trinajstić information content (AvgIpc) is 3.52. The van der Waals surface area contributed by atoms with E-state index in [1.807, 2.05) is 42.2 Å². The molecule has 1 saturated heterocycles. The maximum absolute atomic E-state index is 13.5. The number of hydrogen-bond donors (Lipinski definition) is 1. The lowest BCUT2D eigenvalue weighted by atomic mass is 10.2.